The normalized spacial score (nSPS) is 28.3. The van der Waals surface area contributed by atoms with E-state index in [2.05, 4.69) is 6.58 Å². The van der Waals surface area contributed by atoms with Gasteiger partial charge in [-0.2, -0.15) is 0 Å². The first kappa shape index (κ1) is 21.1. The molecule has 6 heteroatoms. The van der Waals surface area contributed by atoms with Crippen molar-refractivity contribution in [1.29, 1.82) is 0 Å². The summed E-state index contributed by atoms with van der Waals surface area (Å²) in [4.78, 5) is 35.5. The van der Waals surface area contributed by atoms with Gasteiger partial charge in [-0.15, -0.1) is 6.58 Å². The third-order valence-corrected chi connectivity index (χ3v) is 4.76. The largest absolute Gasteiger partial charge is 0.466 e. The van der Waals surface area contributed by atoms with Crippen LogP contribution < -0.4 is 0 Å². The first-order chi connectivity index (χ1) is 11.6. The first-order valence-electron chi connectivity index (χ1n) is 8.38. The highest BCUT2D eigenvalue weighted by Gasteiger charge is 2.55. The standard InChI is InChI=1S/C19H28O6/c1-7-9-14-10-13(11-16(22)23-6)17(24-15(21)8-2)19(5,25-14)18(3,4)12-20/h7,11-12,14,17H,1,8-10H2,2-6H3/b13-11+/t14-,17+,19-/m1/s1. The lowest BCUT2D eigenvalue weighted by Crippen LogP contribution is -2.60. The van der Waals surface area contributed by atoms with Crippen LogP contribution in [0.15, 0.2) is 24.3 Å². The second-order valence-electron chi connectivity index (χ2n) is 6.88. The Kier molecular flexibility index (Phi) is 7.11. The van der Waals surface area contributed by atoms with Gasteiger partial charge in [-0.1, -0.05) is 26.8 Å². The maximum atomic E-state index is 12.0. The van der Waals surface area contributed by atoms with Crippen LogP contribution >= 0.6 is 0 Å². The Morgan fingerprint density at radius 2 is 2.08 bits per heavy atom. The number of hydrogen-bond acceptors (Lipinski definition) is 6. The summed E-state index contributed by atoms with van der Waals surface area (Å²) in [6, 6.07) is 0. The topological polar surface area (TPSA) is 78.9 Å². The van der Waals surface area contributed by atoms with Crippen molar-refractivity contribution in [2.45, 2.75) is 64.8 Å². The van der Waals surface area contributed by atoms with E-state index in [1.807, 2.05) is 0 Å². The Labute approximate surface area is 149 Å². The van der Waals surface area contributed by atoms with Gasteiger partial charge in [0.25, 0.3) is 0 Å². The SMILES string of the molecule is C=CC[C@@H]1C/C(=C\C(=O)OC)[C@H](OC(=O)CC)[C@](C)(C(C)(C)C=O)O1. The summed E-state index contributed by atoms with van der Waals surface area (Å²) in [5.41, 5.74) is -1.52. The van der Waals surface area contributed by atoms with Crippen molar-refractivity contribution in [3.63, 3.8) is 0 Å². The van der Waals surface area contributed by atoms with Crippen LogP contribution in [-0.2, 0) is 28.6 Å². The number of rotatable bonds is 7. The summed E-state index contributed by atoms with van der Waals surface area (Å²) in [7, 11) is 1.28. The monoisotopic (exact) mass is 352 g/mol. The molecule has 1 aliphatic rings. The van der Waals surface area contributed by atoms with Gasteiger partial charge in [-0.05, 0) is 25.3 Å². The number of methoxy groups -OCH3 is 1. The van der Waals surface area contributed by atoms with Crippen LogP contribution in [-0.4, -0.2) is 43.1 Å². The van der Waals surface area contributed by atoms with Gasteiger partial charge in [-0.25, -0.2) is 4.79 Å². The van der Waals surface area contributed by atoms with Crippen LogP contribution in [0.4, 0.5) is 0 Å². The molecule has 0 N–H and O–H groups in total. The second-order valence-corrected chi connectivity index (χ2v) is 6.88. The van der Waals surface area contributed by atoms with E-state index < -0.39 is 29.1 Å². The Morgan fingerprint density at radius 1 is 1.44 bits per heavy atom. The molecule has 1 heterocycles. The lowest BCUT2D eigenvalue weighted by Gasteiger charge is -2.51. The van der Waals surface area contributed by atoms with Crippen LogP contribution in [0.5, 0.6) is 0 Å². The van der Waals surface area contributed by atoms with Crippen LogP contribution in [0.2, 0.25) is 0 Å². The Morgan fingerprint density at radius 3 is 2.56 bits per heavy atom. The van der Waals surface area contributed by atoms with E-state index in [4.69, 9.17) is 14.2 Å². The average molecular weight is 352 g/mol. The molecule has 0 spiro atoms. The minimum absolute atomic E-state index is 0.176. The Bertz CT molecular complexity index is 562. The molecule has 3 atom stereocenters. The summed E-state index contributed by atoms with van der Waals surface area (Å²) >= 11 is 0. The molecule has 0 unspecified atom stereocenters. The molecular formula is C19H28O6. The molecule has 0 amide bonds. The van der Waals surface area contributed by atoms with E-state index in [9.17, 15) is 14.4 Å². The molecule has 6 nitrogen and oxygen atoms in total. The minimum Gasteiger partial charge on any atom is -0.466 e. The molecule has 0 saturated carbocycles. The molecule has 1 saturated heterocycles. The summed E-state index contributed by atoms with van der Waals surface area (Å²) in [6.45, 7) is 10.6. The van der Waals surface area contributed by atoms with Crippen LogP contribution in [0.3, 0.4) is 0 Å². The fourth-order valence-corrected chi connectivity index (χ4v) is 2.85. The number of ether oxygens (including phenoxy) is 3. The van der Waals surface area contributed by atoms with Gasteiger partial charge in [0, 0.05) is 12.5 Å². The molecule has 0 aromatic carbocycles. The zero-order valence-electron chi connectivity index (χ0n) is 15.7. The molecule has 0 radical (unpaired) electrons. The van der Waals surface area contributed by atoms with Crippen molar-refractivity contribution in [3.05, 3.63) is 24.3 Å². The molecule has 1 aliphatic heterocycles. The van der Waals surface area contributed by atoms with Crippen LogP contribution in [0, 0.1) is 5.41 Å². The van der Waals surface area contributed by atoms with Gasteiger partial charge in [0.1, 0.15) is 11.9 Å². The van der Waals surface area contributed by atoms with Crippen LogP contribution in [0.1, 0.15) is 47.0 Å². The van der Waals surface area contributed by atoms with E-state index in [1.54, 1.807) is 33.8 Å². The Hall–Kier alpha value is -1.95. The smallest absolute Gasteiger partial charge is 0.330 e. The van der Waals surface area contributed by atoms with E-state index in [1.165, 1.54) is 13.2 Å². The van der Waals surface area contributed by atoms with Crippen molar-refractivity contribution in [2.75, 3.05) is 7.11 Å². The highest BCUT2D eigenvalue weighted by Crippen LogP contribution is 2.45. The van der Waals surface area contributed by atoms with Crippen molar-refractivity contribution < 1.29 is 28.6 Å². The number of hydrogen-bond donors (Lipinski definition) is 0. The summed E-state index contributed by atoms with van der Waals surface area (Å²) < 4.78 is 16.5. The van der Waals surface area contributed by atoms with E-state index in [0.29, 0.717) is 18.4 Å². The first-order valence-corrected chi connectivity index (χ1v) is 8.38. The van der Waals surface area contributed by atoms with Crippen molar-refractivity contribution in [1.82, 2.24) is 0 Å². The van der Waals surface area contributed by atoms with E-state index >= 15 is 0 Å². The number of carbonyl (C=O) groups excluding carboxylic acids is 3. The fraction of sp³-hybridized carbons (Fsp3) is 0.632. The highest BCUT2D eigenvalue weighted by molar-refractivity contribution is 5.83. The highest BCUT2D eigenvalue weighted by atomic mass is 16.6. The zero-order chi connectivity index (χ0) is 19.3. The van der Waals surface area contributed by atoms with Crippen LogP contribution in [0.25, 0.3) is 0 Å². The molecule has 1 fully saturated rings. The van der Waals surface area contributed by atoms with Gasteiger partial charge < -0.3 is 19.0 Å². The maximum Gasteiger partial charge on any atom is 0.330 e. The van der Waals surface area contributed by atoms with Gasteiger partial charge in [0.15, 0.2) is 6.10 Å². The maximum absolute atomic E-state index is 12.0. The molecular weight excluding hydrogens is 324 g/mol. The van der Waals surface area contributed by atoms with Crippen molar-refractivity contribution >= 4 is 18.2 Å². The predicted octanol–water partition coefficient (Wildman–Crippen LogP) is 2.76. The van der Waals surface area contributed by atoms with Crippen molar-refractivity contribution in [3.8, 4) is 0 Å². The number of aldehydes is 1. The number of esters is 2. The summed E-state index contributed by atoms with van der Waals surface area (Å²) in [6.07, 6.45) is 3.78. The van der Waals surface area contributed by atoms with E-state index in [0.717, 1.165) is 6.29 Å². The summed E-state index contributed by atoms with van der Waals surface area (Å²) in [5, 5.41) is 0. The van der Waals surface area contributed by atoms with Gasteiger partial charge in [-0.3, -0.25) is 4.79 Å². The molecule has 0 aromatic heterocycles. The third kappa shape index (κ3) is 4.57. The average Bonchev–Trinajstić information content (AvgIpc) is 2.57. The van der Waals surface area contributed by atoms with E-state index in [-0.39, 0.29) is 12.5 Å². The molecule has 0 aliphatic carbocycles. The quantitative estimate of drug-likeness (QED) is 0.303. The molecule has 140 valence electrons. The lowest BCUT2D eigenvalue weighted by atomic mass is 9.69. The van der Waals surface area contributed by atoms with Gasteiger partial charge >= 0.3 is 11.9 Å². The third-order valence-electron chi connectivity index (χ3n) is 4.76. The summed E-state index contributed by atoms with van der Waals surface area (Å²) in [5.74, 6) is -0.975. The molecule has 1 rings (SSSR count). The fourth-order valence-electron chi connectivity index (χ4n) is 2.85. The second kappa shape index (κ2) is 8.43. The van der Waals surface area contributed by atoms with Gasteiger partial charge in [0.2, 0.25) is 0 Å². The van der Waals surface area contributed by atoms with Crippen molar-refractivity contribution in [2.24, 2.45) is 5.41 Å². The molecule has 0 aromatic rings. The molecule has 25 heavy (non-hydrogen) atoms. The van der Waals surface area contributed by atoms with Gasteiger partial charge in [0.05, 0.1) is 18.6 Å². The number of carbonyl (C=O) groups is 3. The predicted molar refractivity (Wildman–Crippen MR) is 92.8 cm³/mol. The Balaban J connectivity index is 3.46. The molecule has 0 bridgehead atoms. The lowest BCUT2D eigenvalue weighted by molar-refractivity contribution is -0.217. The zero-order valence-corrected chi connectivity index (χ0v) is 15.7. The minimum atomic E-state index is -1.13.